The number of anilines is 1. The van der Waals surface area contributed by atoms with Crippen molar-refractivity contribution in [1.29, 1.82) is 0 Å². The Morgan fingerprint density at radius 3 is 2.77 bits per heavy atom. The molecule has 0 aromatic heterocycles. The summed E-state index contributed by atoms with van der Waals surface area (Å²) in [5.41, 5.74) is -0.880. The Morgan fingerprint density at radius 1 is 1.38 bits per heavy atom. The van der Waals surface area contributed by atoms with Crippen LogP contribution in [0.5, 0.6) is 0 Å². The monoisotopic (exact) mass is 387 g/mol. The number of guanidine groups is 1. The lowest BCUT2D eigenvalue weighted by molar-refractivity contribution is -0.119. The van der Waals surface area contributed by atoms with Crippen LogP contribution < -0.4 is 4.90 Å². The van der Waals surface area contributed by atoms with Crippen molar-refractivity contribution in [2.45, 2.75) is 13.1 Å². The van der Waals surface area contributed by atoms with Gasteiger partial charge < -0.3 is 9.64 Å². The molecule has 0 aliphatic carbocycles. The maximum absolute atomic E-state index is 13.2. The van der Waals surface area contributed by atoms with Crippen LogP contribution in [-0.2, 0) is 9.53 Å². The Labute approximate surface area is 151 Å². The van der Waals surface area contributed by atoms with Gasteiger partial charge in [-0.15, -0.1) is 0 Å². The van der Waals surface area contributed by atoms with Crippen LogP contribution in [-0.4, -0.2) is 48.6 Å². The minimum Gasteiger partial charge on any atom is -0.462 e. The molecule has 1 aromatic carbocycles. The largest absolute Gasteiger partial charge is 0.462 e. The highest BCUT2D eigenvalue weighted by Gasteiger charge is 2.46. The Hall–Kier alpha value is -2.55. The summed E-state index contributed by atoms with van der Waals surface area (Å²) in [7, 11) is 0. The molecule has 0 atom stereocenters. The van der Waals surface area contributed by atoms with E-state index in [0.29, 0.717) is 6.08 Å². The van der Waals surface area contributed by atoms with E-state index in [4.69, 9.17) is 16.3 Å². The number of aliphatic imine (C=N–C) groups is 1. The standard InChI is InChI=1S/C16H13ClF3N3O3/c1-2-26-14(25)10-7-9(3-4-11(10)17)23-13(24)8-12(16(18,19)20)22-6-5-21-15(22)23/h3-4,7-8H,2,5-6H2,1H3. The molecular formula is C16H13ClF3N3O3. The Morgan fingerprint density at radius 2 is 2.12 bits per heavy atom. The van der Waals surface area contributed by atoms with E-state index in [2.05, 4.69) is 4.99 Å². The van der Waals surface area contributed by atoms with Gasteiger partial charge in [-0.25, -0.2) is 9.69 Å². The maximum Gasteiger partial charge on any atom is 0.431 e. The molecule has 6 nitrogen and oxygen atoms in total. The molecule has 0 spiro atoms. The van der Waals surface area contributed by atoms with Gasteiger partial charge in [0.1, 0.15) is 5.70 Å². The van der Waals surface area contributed by atoms with Crippen LogP contribution in [0.3, 0.4) is 0 Å². The third-order valence-corrected chi connectivity index (χ3v) is 4.11. The quantitative estimate of drug-likeness (QED) is 0.748. The summed E-state index contributed by atoms with van der Waals surface area (Å²) in [6.07, 6.45) is -4.16. The number of hydrogen-bond acceptors (Lipinski definition) is 5. The van der Waals surface area contributed by atoms with E-state index in [9.17, 15) is 22.8 Å². The molecule has 0 radical (unpaired) electrons. The van der Waals surface area contributed by atoms with Crippen LogP contribution in [0.2, 0.25) is 5.02 Å². The lowest BCUT2D eigenvalue weighted by Gasteiger charge is -2.35. The van der Waals surface area contributed by atoms with Crippen LogP contribution >= 0.6 is 11.6 Å². The lowest BCUT2D eigenvalue weighted by Crippen LogP contribution is -2.51. The topological polar surface area (TPSA) is 62.2 Å². The number of alkyl halides is 3. The number of amides is 1. The molecular weight excluding hydrogens is 375 g/mol. The molecule has 0 saturated carbocycles. The average Bonchev–Trinajstić information content (AvgIpc) is 3.03. The highest BCUT2D eigenvalue weighted by molar-refractivity contribution is 6.34. The zero-order valence-electron chi connectivity index (χ0n) is 13.5. The summed E-state index contributed by atoms with van der Waals surface area (Å²) < 4.78 is 44.4. The zero-order valence-corrected chi connectivity index (χ0v) is 14.3. The molecule has 26 heavy (non-hydrogen) atoms. The van der Waals surface area contributed by atoms with E-state index in [1.165, 1.54) is 18.2 Å². The van der Waals surface area contributed by atoms with Crippen molar-refractivity contribution in [2.75, 3.05) is 24.6 Å². The third kappa shape index (κ3) is 3.14. The summed E-state index contributed by atoms with van der Waals surface area (Å²) >= 11 is 5.99. The molecule has 2 heterocycles. The van der Waals surface area contributed by atoms with Gasteiger partial charge >= 0.3 is 12.1 Å². The van der Waals surface area contributed by atoms with E-state index >= 15 is 0 Å². The highest BCUT2D eigenvalue weighted by atomic mass is 35.5. The molecule has 1 aromatic rings. The van der Waals surface area contributed by atoms with Gasteiger partial charge in [-0.1, -0.05) is 11.6 Å². The van der Waals surface area contributed by atoms with Crippen LogP contribution in [0.15, 0.2) is 35.0 Å². The fraction of sp³-hybridized carbons (Fsp3) is 0.312. The van der Waals surface area contributed by atoms with E-state index in [1.807, 2.05) is 0 Å². The summed E-state index contributed by atoms with van der Waals surface area (Å²) in [5, 5.41) is 0.105. The molecule has 1 amide bonds. The van der Waals surface area contributed by atoms with Gasteiger partial charge in [-0.05, 0) is 25.1 Å². The highest BCUT2D eigenvalue weighted by Crippen LogP contribution is 2.35. The molecule has 2 aliphatic rings. The Bertz CT molecular complexity index is 836. The second-order valence-corrected chi connectivity index (χ2v) is 5.83. The van der Waals surface area contributed by atoms with Gasteiger partial charge in [0.25, 0.3) is 5.91 Å². The number of halogens is 4. The number of nitrogens with zero attached hydrogens (tertiary/aromatic N) is 3. The van der Waals surface area contributed by atoms with Crippen molar-refractivity contribution >= 4 is 35.1 Å². The summed E-state index contributed by atoms with van der Waals surface area (Å²) in [6, 6.07) is 4.09. The van der Waals surface area contributed by atoms with Gasteiger partial charge in [-0.2, -0.15) is 13.2 Å². The van der Waals surface area contributed by atoms with Gasteiger partial charge in [0, 0.05) is 12.6 Å². The number of carbonyl (C=O) groups is 2. The third-order valence-electron chi connectivity index (χ3n) is 3.78. The molecule has 0 unspecified atom stereocenters. The zero-order chi connectivity index (χ0) is 19.1. The van der Waals surface area contributed by atoms with E-state index in [0.717, 1.165) is 9.80 Å². The van der Waals surface area contributed by atoms with Crippen molar-refractivity contribution < 1.29 is 27.5 Å². The van der Waals surface area contributed by atoms with Crippen molar-refractivity contribution in [1.82, 2.24) is 4.90 Å². The fourth-order valence-electron chi connectivity index (χ4n) is 2.71. The second-order valence-electron chi connectivity index (χ2n) is 5.42. The first kappa shape index (κ1) is 18.2. The molecule has 10 heteroatoms. The number of benzene rings is 1. The minimum atomic E-state index is -4.68. The predicted octanol–water partition coefficient (Wildman–Crippen LogP) is 2.98. The molecule has 0 saturated heterocycles. The van der Waals surface area contributed by atoms with E-state index in [1.54, 1.807) is 6.92 Å². The van der Waals surface area contributed by atoms with Gasteiger partial charge in [0.15, 0.2) is 0 Å². The smallest absolute Gasteiger partial charge is 0.431 e. The van der Waals surface area contributed by atoms with E-state index in [-0.39, 0.29) is 41.9 Å². The van der Waals surface area contributed by atoms with Crippen LogP contribution in [0, 0.1) is 0 Å². The van der Waals surface area contributed by atoms with Crippen molar-refractivity contribution in [3.8, 4) is 0 Å². The summed E-state index contributed by atoms with van der Waals surface area (Å²) in [5.74, 6) is -1.74. The van der Waals surface area contributed by atoms with Gasteiger partial charge in [0.05, 0.1) is 29.4 Å². The number of hydrogen-bond donors (Lipinski definition) is 0. The maximum atomic E-state index is 13.2. The molecule has 2 aliphatic heterocycles. The first-order valence-electron chi connectivity index (χ1n) is 7.65. The van der Waals surface area contributed by atoms with Crippen LogP contribution in [0.4, 0.5) is 18.9 Å². The number of allylic oxidation sites excluding steroid dienone is 1. The van der Waals surface area contributed by atoms with E-state index < -0.39 is 23.7 Å². The molecule has 0 N–H and O–H groups in total. The summed E-state index contributed by atoms with van der Waals surface area (Å²) in [4.78, 5) is 30.3. The number of ether oxygens (including phenoxy) is 1. The first-order chi connectivity index (χ1) is 12.2. The number of fused-ring (bicyclic) bond motifs is 1. The second kappa shape index (κ2) is 6.64. The normalized spacial score (nSPS) is 17.0. The van der Waals surface area contributed by atoms with Gasteiger partial charge in [-0.3, -0.25) is 9.79 Å². The van der Waals surface area contributed by atoms with Crippen LogP contribution in [0.1, 0.15) is 17.3 Å². The number of esters is 1. The van der Waals surface area contributed by atoms with Crippen molar-refractivity contribution in [2.24, 2.45) is 4.99 Å². The predicted molar refractivity (Wildman–Crippen MR) is 88.0 cm³/mol. The molecule has 138 valence electrons. The first-order valence-corrected chi connectivity index (χ1v) is 8.03. The molecule has 3 rings (SSSR count). The lowest BCUT2D eigenvalue weighted by atomic mass is 10.1. The van der Waals surface area contributed by atoms with Gasteiger partial charge in [0.2, 0.25) is 5.96 Å². The Kier molecular flexibility index (Phi) is 4.66. The van der Waals surface area contributed by atoms with Crippen molar-refractivity contribution in [3.05, 3.63) is 40.6 Å². The SMILES string of the molecule is CCOC(=O)c1cc(N2C(=O)C=C(C(F)(F)F)N3CCN=C32)ccc1Cl. The number of carbonyl (C=O) groups excluding carboxylic acids is 2. The molecule has 0 fully saturated rings. The Balaban J connectivity index is 2.05. The minimum absolute atomic E-state index is 0.00276. The van der Waals surface area contributed by atoms with Crippen molar-refractivity contribution in [3.63, 3.8) is 0 Å². The summed E-state index contributed by atoms with van der Waals surface area (Å²) in [6.45, 7) is 1.87. The van der Waals surface area contributed by atoms with Crippen LogP contribution in [0.25, 0.3) is 0 Å². The fourth-order valence-corrected chi connectivity index (χ4v) is 2.90. The molecule has 0 bridgehead atoms. The average molecular weight is 388 g/mol. The number of rotatable bonds is 3.